The molecule has 0 spiro atoms. The number of fused-ring (bicyclic) bond motifs is 1. The lowest BCUT2D eigenvalue weighted by Gasteiger charge is -2.36. The molecule has 2 N–H and O–H groups in total. The molecule has 0 bridgehead atoms. The molecule has 3 heterocycles. The number of aromatic nitrogens is 4. The van der Waals surface area contributed by atoms with Gasteiger partial charge >= 0.3 is 0 Å². The number of carbonyl (C=O) groups excluding carboxylic acids is 2. The van der Waals surface area contributed by atoms with Crippen LogP contribution in [-0.4, -0.2) is 56.2 Å². The van der Waals surface area contributed by atoms with E-state index in [1.165, 1.54) is 0 Å². The highest BCUT2D eigenvalue weighted by Crippen LogP contribution is 2.22. The average molecular weight is 392 g/mol. The Morgan fingerprint density at radius 1 is 1.24 bits per heavy atom. The first-order valence-electron chi connectivity index (χ1n) is 9.89. The zero-order valence-corrected chi connectivity index (χ0v) is 16.4. The van der Waals surface area contributed by atoms with E-state index < -0.39 is 0 Å². The molecule has 0 unspecified atom stereocenters. The molecule has 8 nitrogen and oxygen atoms in total. The fourth-order valence-corrected chi connectivity index (χ4v) is 3.87. The zero-order valence-electron chi connectivity index (χ0n) is 16.4. The molecule has 2 aromatic heterocycles. The van der Waals surface area contributed by atoms with Crippen molar-refractivity contribution in [2.45, 2.75) is 38.6 Å². The molecule has 0 radical (unpaired) electrons. The Balaban J connectivity index is 1.43. The van der Waals surface area contributed by atoms with Crippen LogP contribution < -0.4 is 5.32 Å². The standard InChI is InChI=1S/C21H24N6O2/c1-14-9-15(12-22-11-14)10-19(28)23-13-16-5-2-3-8-27(16)21(29)17-6-4-7-18-20(17)25-26-24-18/h4,6-7,9,11-12,16H,2-3,5,8,10,13H2,1H3,(H,23,28)(H,24,25,26)/t16-/m0/s1. The minimum atomic E-state index is -0.0636. The molecule has 29 heavy (non-hydrogen) atoms. The van der Waals surface area contributed by atoms with Gasteiger partial charge in [-0.05, 0) is 49.4 Å². The lowest BCUT2D eigenvalue weighted by Crippen LogP contribution is -2.49. The number of aryl methyl sites for hydroxylation is 1. The van der Waals surface area contributed by atoms with Gasteiger partial charge in [-0.15, -0.1) is 0 Å². The molecule has 0 saturated carbocycles. The molecule has 3 aromatic rings. The first-order valence-corrected chi connectivity index (χ1v) is 9.89. The van der Waals surface area contributed by atoms with Crippen molar-refractivity contribution in [2.24, 2.45) is 0 Å². The van der Waals surface area contributed by atoms with Gasteiger partial charge in [0.1, 0.15) is 11.0 Å². The highest BCUT2D eigenvalue weighted by atomic mass is 16.2. The molecule has 1 fully saturated rings. The second kappa shape index (κ2) is 8.38. The van der Waals surface area contributed by atoms with E-state index in [1.54, 1.807) is 18.5 Å². The molecule has 1 saturated heterocycles. The third kappa shape index (κ3) is 4.26. The number of H-pyrrole nitrogens is 1. The average Bonchev–Trinajstić information content (AvgIpc) is 3.21. The Bertz CT molecular complexity index is 1030. The minimum Gasteiger partial charge on any atom is -0.354 e. The fraction of sp³-hybridized carbons (Fsp3) is 0.381. The fourth-order valence-electron chi connectivity index (χ4n) is 3.87. The number of hydrogen-bond donors (Lipinski definition) is 2. The first-order chi connectivity index (χ1) is 14.1. The predicted molar refractivity (Wildman–Crippen MR) is 108 cm³/mol. The Labute approximate surface area is 168 Å². The van der Waals surface area contributed by atoms with Crippen LogP contribution in [0.15, 0.2) is 36.7 Å². The molecule has 2 amide bonds. The molecule has 4 rings (SSSR count). The van der Waals surface area contributed by atoms with Crippen LogP contribution >= 0.6 is 0 Å². The monoisotopic (exact) mass is 392 g/mol. The molecule has 8 heteroatoms. The summed E-state index contributed by atoms with van der Waals surface area (Å²) in [5, 5.41) is 13.8. The molecule has 150 valence electrons. The molecule has 1 atom stereocenters. The summed E-state index contributed by atoms with van der Waals surface area (Å²) in [5.74, 6) is -0.125. The van der Waals surface area contributed by atoms with E-state index in [0.29, 0.717) is 29.7 Å². The Kier molecular flexibility index (Phi) is 5.50. The number of nitrogens with one attached hydrogen (secondary N) is 2. The van der Waals surface area contributed by atoms with E-state index in [4.69, 9.17) is 0 Å². The summed E-state index contributed by atoms with van der Waals surface area (Å²) in [6, 6.07) is 7.35. The number of nitrogens with zero attached hydrogens (tertiary/aromatic N) is 4. The summed E-state index contributed by atoms with van der Waals surface area (Å²) in [5.41, 5.74) is 3.71. The van der Waals surface area contributed by atoms with Gasteiger partial charge in [-0.25, -0.2) is 0 Å². The number of hydrogen-bond acceptors (Lipinski definition) is 5. The number of piperidine rings is 1. The smallest absolute Gasteiger partial charge is 0.256 e. The van der Waals surface area contributed by atoms with Crippen molar-refractivity contribution < 1.29 is 9.59 Å². The Hall–Kier alpha value is -3.29. The van der Waals surface area contributed by atoms with Crippen LogP contribution in [0.5, 0.6) is 0 Å². The van der Waals surface area contributed by atoms with E-state index >= 15 is 0 Å². The van der Waals surface area contributed by atoms with Gasteiger partial charge in [0.25, 0.3) is 5.91 Å². The van der Waals surface area contributed by atoms with Crippen molar-refractivity contribution in [1.82, 2.24) is 30.6 Å². The first kappa shape index (κ1) is 19.0. The summed E-state index contributed by atoms with van der Waals surface area (Å²) in [4.78, 5) is 31.6. The zero-order chi connectivity index (χ0) is 20.2. The van der Waals surface area contributed by atoms with Gasteiger partial charge in [0, 0.05) is 31.5 Å². The maximum absolute atomic E-state index is 13.2. The van der Waals surface area contributed by atoms with Crippen molar-refractivity contribution in [3.05, 3.63) is 53.3 Å². The van der Waals surface area contributed by atoms with Crippen LogP contribution in [0.1, 0.15) is 40.7 Å². The number of benzene rings is 1. The molecular formula is C21H24N6O2. The van der Waals surface area contributed by atoms with Gasteiger partial charge in [-0.1, -0.05) is 12.1 Å². The number of rotatable bonds is 5. The summed E-state index contributed by atoms with van der Waals surface area (Å²) in [6.07, 6.45) is 6.63. The SMILES string of the molecule is Cc1cncc(CC(=O)NC[C@@H]2CCCCN2C(=O)c2cccc3n[nH]nc23)c1. The minimum absolute atomic E-state index is 0.0296. The number of pyridine rings is 1. The van der Waals surface area contributed by atoms with Crippen LogP contribution in [0.25, 0.3) is 11.0 Å². The topological polar surface area (TPSA) is 104 Å². The third-order valence-corrected chi connectivity index (χ3v) is 5.30. The summed E-state index contributed by atoms with van der Waals surface area (Å²) < 4.78 is 0. The molecular weight excluding hydrogens is 368 g/mol. The molecule has 1 aromatic carbocycles. The van der Waals surface area contributed by atoms with E-state index in [-0.39, 0.29) is 24.3 Å². The maximum atomic E-state index is 13.2. The van der Waals surface area contributed by atoms with E-state index in [0.717, 1.165) is 30.4 Å². The van der Waals surface area contributed by atoms with E-state index in [9.17, 15) is 9.59 Å². The number of aromatic amines is 1. The van der Waals surface area contributed by atoms with Crippen molar-refractivity contribution in [1.29, 1.82) is 0 Å². The summed E-state index contributed by atoms with van der Waals surface area (Å²) in [6.45, 7) is 3.07. The van der Waals surface area contributed by atoms with Gasteiger partial charge in [0.2, 0.25) is 5.91 Å². The van der Waals surface area contributed by atoms with Crippen molar-refractivity contribution in [2.75, 3.05) is 13.1 Å². The van der Waals surface area contributed by atoms with Crippen molar-refractivity contribution in [3.63, 3.8) is 0 Å². The lowest BCUT2D eigenvalue weighted by atomic mass is 10.00. The summed E-state index contributed by atoms with van der Waals surface area (Å²) in [7, 11) is 0. The summed E-state index contributed by atoms with van der Waals surface area (Å²) >= 11 is 0. The van der Waals surface area contributed by atoms with Gasteiger partial charge in [0.15, 0.2) is 0 Å². The molecule has 0 aliphatic carbocycles. The second-order valence-electron chi connectivity index (χ2n) is 7.50. The molecule has 1 aliphatic heterocycles. The molecule has 1 aliphatic rings. The van der Waals surface area contributed by atoms with E-state index in [2.05, 4.69) is 25.7 Å². The Morgan fingerprint density at radius 2 is 2.14 bits per heavy atom. The quantitative estimate of drug-likeness (QED) is 0.691. The Morgan fingerprint density at radius 3 is 3.00 bits per heavy atom. The lowest BCUT2D eigenvalue weighted by molar-refractivity contribution is -0.120. The van der Waals surface area contributed by atoms with Crippen LogP contribution in [0.3, 0.4) is 0 Å². The van der Waals surface area contributed by atoms with E-state index in [1.807, 2.05) is 30.0 Å². The van der Waals surface area contributed by atoms with Gasteiger partial charge in [0.05, 0.1) is 12.0 Å². The number of para-hydroxylation sites is 1. The third-order valence-electron chi connectivity index (χ3n) is 5.30. The number of carbonyl (C=O) groups is 2. The van der Waals surface area contributed by atoms with Crippen LogP contribution in [-0.2, 0) is 11.2 Å². The van der Waals surface area contributed by atoms with Crippen molar-refractivity contribution in [3.8, 4) is 0 Å². The number of likely N-dealkylation sites (tertiary alicyclic amines) is 1. The van der Waals surface area contributed by atoms with Crippen molar-refractivity contribution >= 4 is 22.8 Å². The second-order valence-corrected chi connectivity index (χ2v) is 7.50. The van der Waals surface area contributed by atoms with Crippen LogP contribution in [0.2, 0.25) is 0 Å². The van der Waals surface area contributed by atoms with Crippen LogP contribution in [0.4, 0.5) is 0 Å². The maximum Gasteiger partial charge on any atom is 0.256 e. The highest BCUT2D eigenvalue weighted by molar-refractivity contribution is 6.04. The number of amides is 2. The van der Waals surface area contributed by atoms with Gasteiger partial charge in [-0.2, -0.15) is 15.4 Å². The van der Waals surface area contributed by atoms with Crippen LogP contribution in [0, 0.1) is 6.92 Å². The highest BCUT2D eigenvalue weighted by Gasteiger charge is 2.29. The van der Waals surface area contributed by atoms with Gasteiger partial charge in [-0.3, -0.25) is 14.6 Å². The normalized spacial score (nSPS) is 16.7. The van der Waals surface area contributed by atoms with Gasteiger partial charge < -0.3 is 10.2 Å². The largest absolute Gasteiger partial charge is 0.354 e. The predicted octanol–water partition coefficient (Wildman–Crippen LogP) is 2.01.